The maximum absolute atomic E-state index is 11.0. The molecule has 14 heavy (non-hydrogen) atoms. The SMILES string of the molecule is O=C(O)/C=C\C(=O)NC[C@@H]1CCCO1. The van der Waals surface area contributed by atoms with Gasteiger partial charge < -0.3 is 15.2 Å². The van der Waals surface area contributed by atoms with E-state index in [2.05, 4.69) is 5.32 Å². The van der Waals surface area contributed by atoms with Crippen LogP contribution in [0.5, 0.6) is 0 Å². The molecule has 0 aromatic carbocycles. The summed E-state index contributed by atoms with van der Waals surface area (Å²) in [7, 11) is 0. The van der Waals surface area contributed by atoms with Crippen molar-refractivity contribution in [3.63, 3.8) is 0 Å². The first-order valence-electron chi connectivity index (χ1n) is 4.49. The highest BCUT2D eigenvalue weighted by atomic mass is 16.5. The lowest BCUT2D eigenvalue weighted by Gasteiger charge is -2.08. The molecule has 0 aromatic rings. The van der Waals surface area contributed by atoms with Gasteiger partial charge in [0.05, 0.1) is 6.10 Å². The maximum atomic E-state index is 11.0. The highest BCUT2D eigenvalue weighted by molar-refractivity contribution is 5.93. The Hall–Kier alpha value is -1.36. The fourth-order valence-electron chi connectivity index (χ4n) is 1.23. The Morgan fingerprint density at radius 2 is 2.29 bits per heavy atom. The number of carbonyl (C=O) groups excluding carboxylic acids is 1. The number of carboxylic acid groups (broad SMARTS) is 1. The van der Waals surface area contributed by atoms with Crippen LogP contribution in [0.15, 0.2) is 12.2 Å². The van der Waals surface area contributed by atoms with Crippen LogP contribution < -0.4 is 5.32 Å². The van der Waals surface area contributed by atoms with Crippen LogP contribution in [0, 0.1) is 0 Å². The highest BCUT2D eigenvalue weighted by Crippen LogP contribution is 2.10. The molecule has 5 nitrogen and oxygen atoms in total. The van der Waals surface area contributed by atoms with Gasteiger partial charge >= 0.3 is 5.97 Å². The van der Waals surface area contributed by atoms with E-state index in [0.717, 1.165) is 31.6 Å². The second kappa shape index (κ2) is 5.39. The topological polar surface area (TPSA) is 75.6 Å². The summed E-state index contributed by atoms with van der Waals surface area (Å²) in [5.74, 6) is -1.53. The van der Waals surface area contributed by atoms with Gasteiger partial charge in [0.1, 0.15) is 0 Å². The summed E-state index contributed by atoms with van der Waals surface area (Å²) in [4.78, 5) is 21.1. The van der Waals surface area contributed by atoms with Crippen LogP contribution in [0.3, 0.4) is 0 Å². The quantitative estimate of drug-likeness (QED) is 0.621. The summed E-state index contributed by atoms with van der Waals surface area (Å²) in [6, 6.07) is 0. The predicted octanol–water partition coefficient (Wildman–Crippen LogP) is -0.0776. The number of amides is 1. The molecule has 1 atom stereocenters. The lowest BCUT2D eigenvalue weighted by Crippen LogP contribution is -2.30. The predicted molar refractivity (Wildman–Crippen MR) is 48.8 cm³/mol. The smallest absolute Gasteiger partial charge is 0.328 e. The van der Waals surface area contributed by atoms with E-state index in [9.17, 15) is 9.59 Å². The molecule has 0 unspecified atom stereocenters. The second-order valence-corrected chi connectivity index (χ2v) is 3.05. The third-order valence-corrected chi connectivity index (χ3v) is 1.91. The van der Waals surface area contributed by atoms with Crippen molar-refractivity contribution in [2.24, 2.45) is 0 Å². The number of aliphatic carboxylic acids is 1. The Morgan fingerprint density at radius 1 is 1.50 bits per heavy atom. The number of ether oxygens (including phenoxy) is 1. The van der Waals surface area contributed by atoms with E-state index in [-0.39, 0.29) is 6.10 Å². The summed E-state index contributed by atoms with van der Waals surface area (Å²) in [5, 5.41) is 10.8. The Kier molecular flexibility index (Phi) is 4.12. The molecular weight excluding hydrogens is 186 g/mol. The third-order valence-electron chi connectivity index (χ3n) is 1.91. The van der Waals surface area contributed by atoms with Gasteiger partial charge in [-0.1, -0.05) is 0 Å². The molecule has 0 aliphatic carbocycles. The average molecular weight is 199 g/mol. The van der Waals surface area contributed by atoms with Gasteiger partial charge in [-0.25, -0.2) is 4.79 Å². The molecule has 1 saturated heterocycles. The van der Waals surface area contributed by atoms with Crippen LogP contribution in [0.1, 0.15) is 12.8 Å². The number of carbonyl (C=O) groups is 2. The van der Waals surface area contributed by atoms with Gasteiger partial charge in [-0.3, -0.25) is 4.79 Å². The van der Waals surface area contributed by atoms with Crippen LogP contribution in [-0.4, -0.2) is 36.2 Å². The first-order valence-corrected chi connectivity index (χ1v) is 4.49. The number of carboxylic acids is 1. The standard InChI is InChI=1S/C9H13NO4/c11-8(3-4-9(12)13)10-6-7-2-1-5-14-7/h3-4,7H,1-2,5-6H2,(H,10,11)(H,12,13)/b4-3-/t7-/m0/s1. The molecule has 0 spiro atoms. The Balaban J connectivity index is 2.17. The molecule has 0 radical (unpaired) electrons. The van der Waals surface area contributed by atoms with E-state index in [1.165, 1.54) is 0 Å². The van der Waals surface area contributed by atoms with Crippen LogP contribution in [0.4, 0.5) is 0 Å². The zero-order valence-electron chi connectivity index (χ0n) is 7.73. The molecule has 1 aliphatic heterocycles. The molecule has 0 saturated carbocycles. The normalized spacial score (nSPS) is 21.3. The van der Waals surface area contributed by atoms with Crippen molar-refractivity contribution in [3.05, 3.63) is 12.2 Å². The summed E-state index contributed by atoms with van der Waals surface area (Å²) >= 11 is 0. The summed E-state index contributed by atoms with van der Waals surface area (Å²) < 4.78 is 5.27. The van der Waals surface area contributed by atoms with Crippen molar-refractivity contribution >= 4 is 11.9 Å². The van der Waals surface area contributed by atoms with E-state index >= 15 is 0 Å². The molecule has 78 valence electrons. The minimum Gasteiger partial charge on any atom is -0.478 e. The minimum absolute atomic E-state index is 0.0807. The van der Waals surface area contributed by atoms with Crippen molar-refractivity contribution in [1.82, 2.24) is 5.32 Å². The van der Waals surface area contributed by atoms with E-state index in [0.29, 0.717) is 6.54 Å². The zero-order chi connectivity index (χ0) is 10.4. The molecule has 0 bridgehead atoms. The van der Waals surface area contributed by atoms with E-state index in [1.54, 1.807) is 0 Å². The van der Waals surface area contributed by atoms with E-state index in [1.807, 2.05) is 0 Å². The molecule has 5 heteroatoms. The highest BCUT2D eigenvalue weighted by Gasteiger charge is 2.15. The van der Waals surface area contributed by atoms with Gasteiger partial charge in [0.2, 0.25) is 5.91 Å². The lowest BCUT2D eigenvalue weighted by molar-refractivity contribution is -0.131. The maximum Gasteiger partial charge on any atom is 0.328 e. The fraction of sp³-hybridized carbons (Fsp3) is 0.556. The Morgan fingerprint density at radius 3 is 2.86 bits per heavy atom. The lowest BCUT2D eigenvalue weighted by atomic mass is 10.2. The van der Waals surface area contributed by atoms with E-state index < -0.39 is 11.9 Å². The molecule has 2 N–H and O–H groups in total. The summed E-state index contributed by atoms with van der Waals surface area (Å²) in [6.07, 6.45) is 3.86. The van der Waals surface area contributed by atoms with Gasteiger partial charge in [-0.2, -0.15) is 0 Å². The molecule has 1 amide bonds. The van der Waals surface area contributed by atoms with Gasteiger partial charge in [0, 0.05) is 25.3 Å². The Bertz CT molecular complexity index is 243. The number of rotatable bonds is 4. The minimum atomic E-state index is -1.13. The van der Waals surface area contributed by atoms with Crippen molar-refractivity contribution in [2.45, 2.75) is 18.9 Å². The van der Waals surface area contributed by atoms with Crippen LogP contribution >= 0.6 is 0 Å². The zero-order valence-corrected chi connectivity index (χ0v) is 7.73. The van der Waals surface area contributed by atoms with Crippen LogP contribution in [0.2, 0.25) is 0 Å². The molecule has 1 heterocycles. The number of hydrogen-bond acceptors (Lipinski definition) is 3. The van der Waals surface area contributed by atoms with Gasteiger partial charge in [-0.15, -0.1) is 0 Å². The van der Waals surface area contributed by atoms with Gasteiger partial charge in [0.25, 0.3) is 0 Å². The van der Waals surface area contributed by atoms with Crippen molar-refractivity contribution in [1.29, 1.82) is 0 Å². The van der Waals surface area contributed by atoms with Crippen molar-refractivity contribution in [3.8, 4) is 0 Å². The first kappa shape index (κ1) is 10.7. The molecule has 1 fully saturated rings. The number of hydrogen-bond donors (Lipinski definition) is 2. The Labute approximate surface area is 81.7 Å². The van der Waals surface area contributed by atoms with E-state index in [4.69, 9.17) is 9.84 Å². The van der Waals surface area contributed by atoms with Gasteiger partial charge in [-0.05, 0) is 12.8 Å². The van der Waals surface area contributed by atoms with Crippen molar-refractivity contribution in [2.75, 3.05) is 13.2 Å². The largest absolute Gasteiger partial charge is 0.478 e. The monoisotopic (exact) mass is 199 g/mol. The fourth-order valence-corrected chi connectivity index (χ4v) is 1.23. The summed E-state index contributed by atoms with van der Waals surface area (Å²) in [6.45, 7) is 1.19. The first-order chi connectivity index (χ1) is 6.68. The molecule has 1 rings (SSSR count). The molecule has 1 aliphatic rings. The molecule has 0 aromatic heterocycles. The second-order valence-electron chi connectivity index (χ2n) is 3.05. The van der Waals surface area contributed by atoms with Crippen LogP contribution in [-0.2, 0) is 14.3 Å². The molecular formula is C9H13NO4. The average Bonchev–Trinajstić information content (AvgIpc) is 2.63. The van der Waals surface area contributed by atoms with Crippen LogP contribution in [0.25, 0.3) is 0 Å². The van der Waals surface area contributed by atoms with Gasteiger partial charge in [0.15, 0.2) is 0 Å². The summed E-state index contributed by atoms with van der Waals surface area (Å²) in [5.41, 5.74) is 0. The number of nitrogens with one attached hydrogen (secondary N) is 1. The van der Waals surface area contributed by atoms with Crippen molar-refractivity contribution < 1.29 is 19.4 Å². The third kappa shape index (κ3) is 4.04.